The van der Waals surface area contributed by atoms with Gasteiger partial charge in [0, 0.05) is 18.8 Å². The summed E-state index contributed by atoms with van der Waals surface area (Å²) in [7, 11) is 0. The first-order valence-corrected chi connectivity index (χ1v) is 12.4. The Bertz CT molecular complexity index is 1320. The molecule has 3 aliphatic rings. The van der Waals surface area contributed by atoms with Crippen LogP contribution in [0.1, 0.15) is 46.6 Å². The summed E-state index contributed by atoms with van der Waals surface area (Å²) in [6.45, 7) is 2.84. The fourth-order valence-corrected chi connectivity index (χ4v) is 6.21. The molecule has 2 fully saturated rings. The summed E-state index contributed by atoms with van der Waals surface area (Å²) < 4.78 is 11.7. The number of nitrogens with zero attached hydrogens (tertiary/aromatic N) is 2. The molecule has 36 heavy (non-hydrogen) atoms. The van der Waals surface area contributed by atoms with E-state index in [0.29, 0.717) is 37.2 Å². The standard InChI is InChI=1S/C30H28N2O4/c1-19-10-11-21(12-20(19)15-31)30(34)13-22-16-35-17-23(14-30)32(22)29(33)36-18-28-26-8-4-2-6-24(26)25-7-3-5-9-27(25)28/h2-12,22-23,28,34H,13-14,16-18H2,1H3. The predicted octanol–water partition coefficient (Wildman–Crippen LogP) is 4.87. The minimum absolute atomic E-state index is 0.00359. The van der Waals surface area contributed by atoms with Gasteiger partial charge in [0.1, 0.15) is 6.61 Å². The number of amides is 1. The lowest BCUT2D eigenvalue weighted by Crippen LogP contribution is -2.62. The molecule has 182 valence electrons. The molecular formula is C30H28N2O4. The van der Waals surface area contributed by atoms with Gasteiger partial charge in [-0.25, -0.2) is 4.79 Å². The predicted molar refractivity (Wildman–Crippen MR) is 134 cm³/mol. The minimum Gasteiger partial charge on any atom is -0.448 e. The average molecular weight is 481 g/mol. The highest BCUT2D eigenvalue weighted by atomic mass is 16.6. The highest BCUT2D eigenvalue weighted by Crippen LogP contribution is 2.45. The molecule has 6 nitrogen and oxygen atoms in total. The number of morpholine rings is 1. The van der Waals surface area contributed by atoms with Crippen molar-refractivity contribution in [3.8, 4) is 17.2 Å². The minimum atomic E-state index is -1.13. The van der Waals surface area contributed by atoms with Gasteiger partial charge in [-0.1, -0.05) is 60.7 Å². The number of carbonyl (C=O) groups is 1. The number of aliphatic hydroxyl groups is 1. The van der Waals surface area contributed by atoms with Crippen molar-refractivity contribution in [3.63, 3.8) is 0 Å². The number of ether oxygens (including phenoxy) is 2. The van der Waals surface area contributed by atoms with E-state index in [0.717, 1.165) is 5.56 Å². The highest BCUT2D eigenvalue weighted by molar-refractivity contribution is 5.79. The Morgan fingerprint density at radius 3 is 2.28 bits per heavy atom. The SMILES string of the molecule is Cc1ccc(C2(O)CC3COCC(C2)N3C(=O)OCC2c3ccccc3-c3ccccc32)cc1C#N. The summed E-state index contributed by atoms with van der Waals surface area (Å²) in [5.74, 6) is -0.00359. The summed E-state index contributed by atoms with van der Waals surface area (Å²) in [5, 5.41) is 21.1. The summed E-state index contributed by atoms with van der Waals surface area (Å²) >= 11 is 0. The Labute approximate surface area is 210 Å². The number of carbonyl (C=O) groups excluding carboxylic acids is 1. The van der Waals surface area contributed by atoms with Crippen molar-refractivity contribution in [3.05, 3.63) is 94.5 Å². The third-order valence-corrected chi connectivity index (χ3v) is 8.00. The van der Waals surface area contributed by atoms with Gasteiger partial charge >= 0.3 is 6.09 Å². The summed E-state index contributed by atoms with van der Waals surface area (Å²) in [5.41, 5.74) is 5.76. The monoisotopic (exact) mass is 480 g/mol. The molecule has 1 N–H and O–H groups in total. The second kappa shape index (κ2) is 8.77. The van der Waals surface area contributed by atoms with Crippen molar-refractivity contribution >= 4 is 6.09 Å². The molecule has 2 unspecified atom stereocenters. The van der Waals surface area contributed by atoms with Crippen molar-refractivity contribution in [2.24, 2.45) is 0 Å². The maximum atomic E-state index is 13.4. The molecule has 2 heterocycles. The molecule has 1 amide bonds. The van der Waals surface area contributed by atoms with Gasteiger partial charge in [0.2, 0.25) is 0 Å². The number of nitriles is 1. The van der Waals surface area contributed by atoms with Crippen LogP contribution in [0.4, 0.5) is 4.79 Å². The molecule has 2 saturated heterocycles. The molecule has 0 aromatic heterocycles. The summed E-state index contributed by atoms with van der Waals surface area (Å²) in [6, 6.07) is 23.7. The van der Waals surface area contributed by atoms with Crippen LogP contribution >= 0.6 is 0 Å². The average Bonchev–Trinajstić information content (AvgIpc) is 3.20. The first-order chi connectivity index (χ1) is 17.5. The largest absolute Gasteiger partial charge is 0.448 e. The van der Waals surface area contributed by atoms with Gasteiger partial charge < -0.3 is 14.6 Å². The van der Waals surface area contributed by atoms with Gasteiger partial charge in [-0.15, -0.1) is 0 Å². The van der Waals surface area contributed by atoms with E-state index in [1.54, 1.807) is 11.0 Å². The van der Waals surface area contributed by atoms with Gasteiger partial charge in [0.15, 0.2) is 0 Å². The summed E-state index contributed by atoms with van der Waals surface area (Å²) in [4.78, 5) is 15.2. The molecule has 0 radical (unpaired) electrons. The van der Waals surface area contributed by atoms with Crippen molar-refractivity contribution in [1.82, 2.24) is 4.90 Å². The van der Waals surface area contributed by atoms with E-state index >= 15 is 0 Å². The van der Waals surface area contributed by atoms with Gasteiger partial charge in [-0.2, -0.15) is 5.26 Å². The number of rotatable bonds is 3. The van der Waals surface area contributed by atoms with E-state index in [-0.39, 0.29) is 30.7 Å². The topological polar surface area (TPSA) is 82.8 Å². The Morgan fingerprint density at radius 1 is 1.06 bits per heavy atom. The van der Waals surface area contributed by atoms with Gasteiger partial charge in [0.25, 0.3) is 0 Å². The lowest BCUT2D eigenvalue weighted by atomic mass is 9.76. The Kier molecular flexibility index (Phi) is 5.55. The molecule has 0 saturated carbocycles. The number of fused-ring (bicyclic) bond motifs is 5. The number of aryl methyl sites for hydroxylation is 1. The van der Waals surface area contributed by atoms with E-state index in [1.165, 1.54) is 22.3 Å². The molecule has 2 aliphatic heterocycles. The van der Waals surface area contributed by atoms with Gasteiger partial charge in [0.05, 0.1) is 42.5 Å². The number of benzene rings is 3. The Balaban J connectivity index is 1.21. The Hall–Kier alpha value is -3.66. The lowest BCUT2D eigenvalue weighted by Gasteiger charge is -2.51. The Morgan fingerprint density at radius 2 is 1.67 bits per heavy atom. The van der Waals surface area contributed by atoms with Crippen LogP contribution in [0.2, 0.25) is 0 Å². The van der Waals surface area contributed by atoms with E-state index in [4.69, 9.17) is 9.47 Å². The third kappa shape index (κ3) is 3.67. The molecule has 2 atom stereocenters. The molecule has 2 bridgehead atoms. The van der Waals surface area contributed by atoms with Crippen LogP contribution in [0.15, 0.2) is 66.7 Å². The molecule has 3 aromatic carbocycles. The normalized spacial score (nSPS) is 24.5. The zero-order valence-corrected chi connectivity index (χ0v) is 20.2. The number of hydrogen-bond acceptors (Lipinski definition) is 5. The quantitative estimate of drug-likeness (QED) is 0.579. The fraction of sp³-hybridized carbons (Fsp3) is 0.333. The lowest BCUT2D eigenvalue weighted by molar-refractivity contribution is -0.136. The van der Waals surface area contributed by atoms with Crippen molar-refractivity contribution in [2.45, 2.75) is 43.4 Å². The van der Waals surface area contributed by atoms with Crippen LogP contribution in [0, 0.1) is 18.3 Å². The first kappa shape index (κ1) is 22.8. The van der Waals surface area contributed by atoms with Gasteiger partial charge in [-0.05, 0) is 46.4 Å². The van der Waals surface area contributed by atoms with Crippen LogP contribution in [-0.2, 0) is 15.1 Å². The number of piperidine rings is 1. The first-order valence-electron chi connectivity index (χ1n) is 12.4. The maximum absolute atomic E-state index is 13.4. The molecule has 1 aliphatic carbocycles. The second-order valence-electron chi connectivity index (χ2n) is 10.1. The van der Waals surface area contributed by atoms with Crippen molar-refractivity contribution in [2.75, 3.05) is 19.8 Å². The molecule has 0 spiro atoms. The van der Waals surface area contributed by atoms with Crippen LogP contribution in [0.5, 0.6) is 0 Å². The van der Waals surface area contributed by atoms with Crippen LogP contribution in [0.25, 0.3) is 11.1 Å². The van der Waals surface area contributed by atoms with E-state index in [2.05, 4.69) is 30.3 Å². The van der Waals surface area contributed by atoms with E-state index in [9.17, 15) is 15.2 Å². The van der Waals surface area contributed by atoms with Crippen LogP contribution in [-0.4, -0.2) is 48.0 Å². The fourth-order valence-electron chi connectivity index (χ4n) is 6.21. The van der Waals surface area contributed by atoms with Gasteiger partial charge in [-0.3, -0.25) is 4.90 Å². The van der Waals surface area contributed by atoms with Crippen LogP contribution < -0.4 is 0 Å². The van der Waals surface area contributed by atoms with Crippen LogP contribution in [0.3, 0.4) is 0 Å². The zero-order valence-electron chi connectivity index (χ0n) is 20.2. The van der Waals surface area contributed by atoms with E-state index < -0.39 is 5.60 Å². The van der Waals surface area contributed by atoms with Crippen molar-refractivity contribution < 1.29 is 19.4 Å². The van der Waals surface area contributed by atoms with E-state index in [1.807, 2.05) is 43.3 Å². The van der Waals surface area contributed by atoms with Crippen molar-refractivity contribution in [1.29, 1.82) is 5.26 Å². The highest BCUT2D eigenvalue weighted by Gasteiger charge is 2.49. The third-order valence-electron chi connectivity index (χ3n) is 8.00. The molecule has 3 aromatic rings. The zero-order chi connectivity index (χ0) is 24.9. The molecule has 6 rings (SSSR count). The maximum Gasteiger partial charge on any atom is 0.410 e. The molecular weight excluding hydrogens is 452 g/mol. The second-order valence-corrected chi connectivity index (χ2v) is 10.1. The smallest absolute Gasteiger partial charge is 0.410 e. The number of hydrogen-bond donors (Lipinski definition) is 1. The summed E-state index contributed by atoms with van der Waals surface area (Å²) in [6.07, 6.45) is 0.308. The molecule has 6 heteroatoms.